The van der Waals surface area contributed by atoms with Gasteiger partial charge in [-0.25, -0.2) is 15.0 Å². The lowest BCUT2D eigenvalue weighted by atomic mass is 10.1. The summed E-state index contributed by atoms with van der Waals surface area (Å²) in [6, 6.07) is 12.6. The largest absolute Gasteiger partial charge is 0.369 e. The summed E-state index contributed by atoms with van der Waals surface area (Å²) in [6.07, 6.45) is 3.55. The Morgan fingerprint density at radius 2 is 2.04 bits per heavy atom. The van der Waals surface area contributed by atoms with E-state index in [0.29, 0.717) is 11.6 Å². The Morgan fingerprint density at radius 3 is 2.84 bits per heavy atom. The van der Waals surface area contributed by atoms with E-state index in [0.717, 1.165) is 35.4 Å². The van der Waals surface area contributed by atoms with Gasteiger partial charge in [0.1, 0.15) is 17.0 Å². The number of anilines is 1. The van der Waals surface area contributed by atoms with Crippen LogP contribution < -0.4 is 5.32 Å². The van der Waals surface area contributed by atoms with Gasteiger partial charge in [0.2, 0.25) is 5.82 Å². The minimum absolute atomic E-state index is 0.567. The van der Waals surface area contributed by atoms with Gasteiger partial charge in [-0.05, 0) is 31.4 Å². The highest BCUT2D eigenvalue weighted by Gasteiger charge is 2.13. The predicted molar refractivity (Wildman–Crippen MR) is 101 cm³/mol. The van der Waals surface area contributed by atoms with Crippen molar-refractivity contribution in [1.82, 2.24) is 25.1 Å². The third-order valence-electron chi connectivity index (χ3n) is 3.92. The van der Waals surface area contributed by atoms with E-state index in [1.807, 2.05) is 6.07 Å². The van der Waals surface area contributed by atoms with Crippen LogP contribution in [-0.2, 0) is 6.42 Å². The average Bonchev–Trinajstić information content (AvgIpc) is 3.28. The van der Waals surface area contributed by atoms with Gasteiger partial charge in [-0.2, -0.15) is 5.10 Å². The van der Waals surface area contributed by atoms with E-state index in [2.05, 4.69) is 67.7 Å². The van der Waals surface area contributed by atoms with Gasteiger partial charge in [-0.3, -0.25) is 5.10 Å². The summed E-state index contributed by atoms with van der Waals surface area (Å²) in [5.74, 6) is 2.01. The highest BCUT2D eigenvalue weighted by molar-refractivity contribution is 7.18. The molecule has 1 aromatic carbocycles. The van der Waals surface area contributed by atoms with Crippen molar-refractivity contribution in [1.29, 1.82) is 0 Å². The number of aromatic amines is 1. The Balaban J connectivity index is 1.53. The number of H-pyrrole nitrogens is 1. The molecule has 0 atom stereocenters. The van der Waals surface area contributed by atoms with E-state index in [-0.39, 0.29) is 0 Å². The summed E-state index contributed by atoms with van der Waals surface area (Å²) in [4.78, 5) is 15.6. The predicted octanol–water partition coefficient (Wildman–Crippen LogP) is 3.83. The molecule has 0 saturated carbocycles. The molecule has 0 saturated heterocycles. The average molecular weight is 350 g/mol. The summed E-state index contributed by atoms with van der Waals surface area (Å²) >= 11 is 1.66. The number of hydrogen-bond donors (Lipinski definition) is 2. The molecule has 7 heteroatoms. The van der Waals surface area contributed by atoms with Crippen molar-refractivity contribution < 1.29 is 0 Å². The minimum Gasteiger partial charge on any atom is -0.369 e. The zero-order chi connectivity index (χ0) is 17.1. The number of aromatic nitrogens is 5. The van der Waals surface area contributed by atoms with E-state index in [9.17, 15) is 0 Å². The summed E-state index contributed by atoms with van der Waals surface area (Å²) < 4.78 is 0. The van der Waals surface area contributed by atoms with Crippen LogP contribution in [0.15, 0.2) is 42.7 Å². The van der Waals surface area contributed by atoms with Crippen LogP contribution in [0.2, 0.25) is 0 Å². The molecule has 0 aliphatic heterocycles. The quantitative estimate of drug-likeness (QED) is 0.517. The molecule has 0 aliphatic carbocycles. The maximum atomic E-state index is 4.65. The van der Waals surface area contributed by atoms with Crippen molar-refractivity contribution in [2.24, 2.45) is 0 Å². The molecule has 0 bridgehead atoms. The van der Waals surface area contributed by atoms with Gasteiger partial charge in [-0.1, -0.05) is 30.3 Å². The van der Waals surface area contributed by atoms with Crippen LogP contribution in [0.3, 0.4) is 0 Å². The summed E-state index contributed by atoms with van der Waals surface area (Å²) in [7, 11) is 0. The lowest BCUT2D eigenvalue weighted by Crippen LogP contribution is -2.06. The number of thiophene rings is 1. The van der Waals surface area contributed by atoms with Crippen LogP contribution >= 0.6 is 11.3 Å². The van der Waals surface area contributed by atoms with Gasteiger partial charge in [0.05, 0.1) is 5.39 Å². The number of aryl methyl sites for hydroxylation is 2. The summed E-state index contributed by atoms with van der Waals surface area (Å²) in [6.45, 7) is 2.94. The fraction of sp³-hybridized carbons (Fsp3) is 0.222. The Hall–Kier alpha value is -2.80. The van der Waals surface area contributed by atoms with Gasteiger partial charge >= 0.3 is 0 Å². The first-order valence-electron chi connectivity index (χ1n) is 8.21. The minimum atomic E-state index is 0.567. The van der Waals surface area contributed by atoms with E-state index in [1.165, 1.54) is 16.8 Å². The van der Waals surface area contributed by atoms with Gasteiger partial charge < -0.3 is 5.32 Å². The second-order valence-corrected chi connectivity index (χ2v) is 7.06. The van der Waals surface area contributed by atoms with Crippen molar-refractivity contribution >= 4 is 27.4 Å². The second-order valence-electron chi connectivity index (χ2n) is 5.82. The van der Waals surface area contributed by atoms with Crippen molar-refractivity contribution in [2.75, 3.05) is 11.9 Å². The monoisotopic (exact) mass is 350 g/mol. The molecule has 4 aromatic rings. The van der Waals surface area contributed by atoms with Crippen LogP contribution in [0.4, 0.5) is 5.82 Å². The van der Waals surface area contributed by atoms with Crippen LogP contribution in [0.25, 0.3) is 21.9 Å². The molecule has 0 radical (unpaired) electrons. The summed E-state index contributed by atoms with van der Waals surface area (Å²) in [5, 5.41) is 11.2. The third kappa shape index (κ3) is 3.51. The Labute approximate surface area is 149 Å². The van der Waals surface area contributed by atoms with Gasteiger partial charge in [0.25, 0.3) is 0 Å². The van der Waals surface area contributed by atoms with E-state index in [4.69, 9.17) is 0 Å². The lowest BCUT2D eigenvalue weighted by molar-refractivity contribution is 0.859. The molecule has 3 heterocycles. The number of nitrogens with one attached hydrogen (secondary N) is 2. The molecular weight excluding hydrogens is 332 g/mol. The smallest absolute Gasteiger partial charge is 0.200 e. The Morgan fingerprint density at radius 1 is 1.16 bits per heavy atom. The highest BCUT2D eigenvalue weighted by Crippen LogP contribution is 2.30. The molecule has 0 aliphatic rings. The topological polar surface area (TPSA) is 79.4 Å². The van der Waals surface area contributed by atoms with Crippen LogP contribution in [0, 0.1) is 6.92 Å². The van der Waals surface area contributed by atoms with E-state index >= 15 is 0 Å². The number of hydrogen-bond acceptors (Lipinski definition) is 6. The van der Waals surface area contributed by atoms with Crippen molar-refractivity contribution in [2.45, 2.75) is 19.8 Å². The van der Waals surface area contributed by atoms with E-state index in [1.54, 1.807) is 11.3 Å². The molecule has 0 unspecified atom stereocenters. The second kappa shape index (κ2) is 6.98. The SMILES string of the molecule is Cc1cc2c(NCCCc3ccccc3)nc(-c3ncn[nH]3)nc2s1. The fourth-order valence-corrected chi connectivity index (χ4v) is 3.62. The maximum absolute atomic E-state index is 4.65. The molecular formula is C18H18N6S. The van der Waals surface area contributed by atoms with Gasteiger partial charge in [-0.15, -0.1) is 11.3 Å². The first-order chi connectivity index (χ1) is 12.3. The number of nitrogens with zero attached hydrogens (tertiary/aromatic N) is 4. The zero-order valence-corrected chi connectivity index (χ0v) is 14.7. The zero-order valence-electron chi connectivity index (χ0n) is 13.9. The molecule has 126 valence electrons. The molecule has 3 aromatic heterocycles. The molecule has 2 N–H and O–H groups in total. The highest BCUT2D eigenvalue weighted by atomic mass is 32.1. The first kappa shape index (κ1) is 15.7. The van der Waals surface area contributed by atoms with Crippen molar-refractivity contribution in [3.05, 3.63) is 53.2 Å². The fourth-order valence-electron chi connectivity index (χ4n) is 2.74. The molecule has 4 rings (SSSR count). The lowest BCUT2D eigenvalue weighted by Gasteiger charge is -2.08. The summed E-state index contributed by atoms with van der Waals surface area (Å²) in [5.41, 5.74) is 1.35. The van der Waals surface area contributed by atoms with Crippen molar-refractivity contribution in [3.8, 4) is 11.6 Å². The number of fused-ring (bicyclic) bond motifs is 1. The van der Waals surface area contributed by atoms with Crippen LogP contribution in [-0.4, -0.2) is 31.7 Å². The molecule has 6 nitrogen and oxygen atoms in total. The third-order valence-corrected chi connectivity index (χ3v) is 4.86. The molecule has 0 amide bonds. The maximum Gasteiger partial charge on any atom is 0.200 e. The molecule has 0 spiro atoms. The Kier molecular flexibility index (Phi) is 4.39. The molecule has 0 fully saturated rings. The van der Waals surface area contributed by atoms with E-state index < -0.39 is 0 Å². The number of rotatable bonds is 6. The van der Waals surface area contributed by atoms with Crippen LogP contribution in [0.5, 0.6) is 0 Å². The molecule has 25 heavy (non-hydrogen) atoms. The standard InChI is InChI=1S/C18H18N6S/c1-12-10-14-15(19-9-5-8-13-6-3-2-4-7-13)22-17(23-18(14)25-12)16-20-11-21-24-16/h2-4,6-7,10-11H,5,8-9H2,1H3,(H,19,22,23)(H,20,21,24). The normalized spacial score (nSPS) is 11.1. The Bertz CT molecular complexity index is 962. The number of benzene rings is 1. The van der Waals surface area contributed by atoms with Gasteiger partial charge in [0.15, 0.2) is 5.82 Å². The van der Waals surface area contributed by atoms with Gasteiger partial charge in [0, 0.05) is 11.4 Å². The van der Waals surface area contributed by atoms with Crippen LogP contribution in [0.1, 0.15) is 16.9 Å². The van der Waals surface area contributed by atoms with Crippen molar-refractivity contribution in [3.63, 3.8) is 0 Å². The first-order valence-corrected chi connectivity index (χ1v) is 9.03.